The van der Waals surface area contributed by atoms with Crippen LogP contribution < -0.4 is 0 Å². The summed E-state index contributed by atoms with van der Waals surface area (Å²) >= 11 is 0. The maximum absolute atomic E-state index is 14.6. The van der Waals surface area contributed by atoms with Crippen LogP contribution >= 0.6 is 0 Å². The van der Waals surface area contributed by atoms with E-state index in [0.29, 0.717) is 38.8 Å². The number of carbonyl (C=O) groups excluding carboxylic acids is 3. The largest absolute Gasteiger partial charge is 0.465 e. The van der Waals surface area contributed by atoms with E-state index >= 15 is 0 Å². The highest BCUT2D eigenvalue weighted by Gasteiger charge is 2.80. The maximum atomic E-state index is 14.6. The number of allylic oxidation sites excluding steroid dienone is 1. The van der Waals surface area contributed by atoms with Gasteiger partial charge < -0.3 is 24.4 Å². The summed E-state index contributed by atoms with van der Waals surface area (Å²) in [5.74, 6) is -2.80. The zero-order valence-corrected chi connectivity index (χ0v) is 25.5. The fourth-order valence-corrected chi connectivity index (χ4v) is 7.51. The van der Waals surface area contributed by atoms with Crippen molar-refractivity contribution in [2.24, 2.45) is 17.8 Å². The Morgan fingerprint density at radius 3 is 2.60 bits per heavy atom. The van der Waals surface area contributed by atoms with E-state index in [2.05, 4.69) is 20.1 Å². The minimum Gasteiger partial charge on any atom is -0.465 e. The topological polar surface area (TPSA) is 96.4 Å². The van der Waals surface area contributed by atoms with Gasteiger partial charge in [0, 0.05) is 13.1 Å². The van der Waals surface area contributed by atoms with Gasteiger partial charge in [-0.1, -0.05) is 69.2 Å². The highest BCUT2D eigenvalue weighted by atomic mass is 16.6. The summed E-state index contributed by atoms with van der Waals surface area (Å²) in [6.07, 6.45) is 8.49. The maximum Gasteiger partial charge on any atom is 0.312 e. The van der Waals surface area contributed by atoms with Crippen molar-refractivity contribution in [3.05, 3.63) is 61.2 Å². The quantitative estimate of drug-likeness (QED) is 0.178. The second kappa shape index (κ2) is 13.6. The highest BCUT2D eigenvalue weighted by Crippen LogP contribution is 2.65. The van der Waals surface area contributed by atoms with Crippen molar-refractivity contribution in [2.75, 3.05) is 26.3 Å². The molecule has 0 saturated carbocycles. The number of ether oxygens (including phenoxy) is 2. The third-order valence-electron chi connectivity index (χ3n) is 9.65. The van der Waals surface area contributed by atoms with Gasteiger partial charge in [-0.15, -0.1) is 13.2 Å². The summed E-state index contributed by atoms with van der Waals surface area (Å²) in [7, 11) is 0. The lowest BCUT2D eigenvalue weighted by Gasteiger charge is -2.39. The number of unbranched alkanes of at least 4 members (excludes halogenated alkanes) is 3. The average Bonchev–Trinajstić information content (AvgIpc) is 3.50. The first kappa shape index (κ1) is 32.0. The molecule has 3 aliphatic rings. The number of benzene rings is 1. The highest BCUT2D eigenvalue weighted by molar-refractivity contribution is 5.98. The number of nitrogens with zero attached hydrogens (tertiary/aromatic N) is 2. The summed E-state index contributed by atoms with van der Waals surface area (Å²) in [4.78, 5) is 46.2. The number of amides is 2. The zero-order chi connectivity index (χ0) is 30.5. The molecule has 3 saturated heterocycles. The van der Waals surface area contributed by atoms with Crippen molar-refractivity contribution >= 4 is 17.8 Å². The van der Waals surface area contributed by atoms with Crippen molar-refractivity contribution in [3.63, 3.8) is 0 Å². The van der Waals surface area contributed by atoms with Crippen LogP contribution in [0.3, 0.4) is 0 Å². The molecule has 3 aliphatic heterocycles. The van der Waals surface area contributed by atoms with Crippen LogP contribution in [-0.4, -0.2) is 82.3 Å². The van der Waals surface area contributed by atoms with Gasteiger partial charge in [0.15, 0.2) is 0 Å². The van der Waals surface area contributed by atoms with Crippen molar-refractivity contribution in [2.45, 2.75) is 89.0 Å². The van der Waals surface area contributed by atoms with Gasteiger partial charge in [-0.25, -0.2) is 0 Å². The van der Waals surface area contributed by atoms with Crippen molar-refractivity contribution in [1.29, 1.82) is 0 Å². The van der Waals surface area contributed by atoms with Crippen molar-refractivity contribution in [3.8, 4) is 0 Å². The van der Waals surface area contributed by atoms with Crippen LogP contribution in [0.15, 0.2) is 55.6 Å². The molecule has 42 heavy (non-hydrogen) atoms. The molecule has 1 aromatic carbocycles. The van der Waals surface area contributed by atoms with Gasteiger partial charge in [-0.05, 0) is 50.5 Å². The average molecular weight is 581 g/mol. The Morgan fingerprint density at radius 1 is 1.21 bits per heavy atom. The number of esters is 1. The van der Waals surface area contributed by atoms with Crippen LogP contribution in [0.25, 0.3) is 0 Å². The molecule has 8 heteroatoms. The van der Waals surface area contributed by atoms with Gasteiger partial charge in [0.25, 0.3) is 0 Å². The molecule has 1 N–H and O–H groups in total. The first-order valence-corrected chi connectivity index (χ1v) is 15.5. The lowest BCUT2D eigenvalue weighted by atomic mass is 9.62. The number of likely N-dealkylation sites (tertiary alicyclic amines) is 1. The van der Waals surface area contributed by atoms with Gasteiger partial charge in [0.05, 0.1) is 30.8 Å². The van der Waals surface area contributed by atoms with Crippen molar-refractivity contribution in [1.82, 2.24) is 9.80 Å². The predicted octanol–water partition coefficient (Wildman–Crippen LogP) is 4.31. The molecule has 0 aromatic heterocycles. The Bertz CT molecular complexity index is 1140. The molecule has 1 aromatic rings. The third kappa shape index (κ3) is 5.68. The van der Waals surface area contributed by atoms with Gasteiger partial charge in [0.2, 0.25) is 11.8 Å². The number of fused-ring (bicyclic) bond motifs is 1. The fraction of sp³-hybridized carbons (Fsp3) is 0.618. The SMILES string of the molecule is C=CCCCOC(=O)[C@H]1[C@H]2C(=O)N([C@@H](CO)Cc3ccccc3)C(C(=O)N(CC=C)CCCCC)C23CC(C)[C@]1(C)O3. The first-order valence-electron chi connectivity index (χ1n) is 15.5. The van der Waals surface area contributed by atoms with Gasteiger partial charge in [0.1, 0.15) is 17.6 Å². The second-order valence-electron chi connectivity index (χ2n) is 12.4. The Kier molecular flexibility index (Phi) is 10.3. The zero-order valence-electron chi connectivity index (χ0n) is 25.5. The van der Waals surface area contributed by atoms with E-state index in [4.69, 9.17) is 9.47 Å². The molecule has 4 rings (SSSR count). The molecule has 7 atom stereocenters. The lowest BCUT2D eigenvalue weighted by Crippen LogP contribution is -2.59. The number of aliphatic hydroxyl groups is 1. The third-order valence-corrected chi connectivity index (χ3v) is 9.65. The van der Waals surface area contributed by atoms with Crippen LogP contribution in [0.2, 0.25) is 0 Å². The number of rotatable bonds is 16. The molecule has 0 aliphatic carbocycles. The summed E-state index contributed by atoms with van der Waals surface area (Å²) in [5.41, 5.74) is -1.19. The van der Waals surface area contributed by atoms with Gasteiger partial charge in [-0.3, -0.25) is 14.4 Å². The normalized spacial score (nSPS) is 30.2. The molecule has 3 unspecified atom stereocenters. The Balaban J connectivity index is 1.77. The minimum absolute atomic E-state index is 0.0860. The van der Waals surface area contributed by atoms with E-state index in [-0.39, 0.29) is 30.9 Å². The van der Waals surface area contributed by atoms with Gasteiger partial charge >= 0.3 is 5.97 Å². The predicted molar refractivity (Wildman–Crippen MR) is 161 cm³/mol. The molecular formula is C34H48N2O6. The van der Waals surface area contributed by atoms with Gasteiger partial charge in [-0.2, -0.15) is 0 Å². The number of hydrogen-bond acceptors (Lipinski definition) is 6. The lowest BCUT2D eigenvalue weighted by molar-refractivity contribution is -0.163. The summed E-state index contributed by atoms with van der Waals surface area (Å²) in [5, 5.41) is 10.7. The van der Waals surface area contributed by atoms with E-state index in [1.807, 2.05) is 44.2 Å². The fourth-order valence-electron chi connectivity index (χ4n) is 7.51. The Morgan fingerprint density at radius 2 is 1.95 bits per heavy atom. The molecule has 8 nitrogen and oxygen atoms in total. The monoisotopic (exact) mass is 580 g/mol. The molecular weight excluding hydrogens is 532 g/mol. The van der Waals surface area contributed by atoms with Crippen LogP contribution in [0.5, 0.6) is 0 Å². The molecule has 3 heterocycles. The Labute approximate surface area is 250 Å². The Hall–Kier alpha value is -2.97. The second-order valence-corrected chi connectivity index (χ2v) is 12.4. The number of aliphatic hydroxyl groups excluding tert-OH is 1. The standard InChI is InChI=1S/C34H48N2O6/c1-6-9-14-19-35(18-8-3)31(39)29-34-22-24(4)33(5,42-34)28(32(40)41-20-15-10-7-2)27(34)30(38)36(29)26(23-37)21-25-16-12-11-13-17-25/h7-8,11-13,16-17,24,26-29,37H,2-3,6,9-10,14-15,18-23H2,1,4-5H3/t24?,26-,27+,28-,29?,33+,34?/m1/s1. The van der Waals surface area contributed by atoms with E-state index < -0.39 is 41.1 Å². The van der Waals surface area contributed by atoms with E-state index in [9.17, 15) is 19.5 Å². The van der Waals surface area contributed by atoms with Crippen LogP contribution in [-0.2, 0) is 30.3 Å². The number of hydrogen-bond donors (Lipinski definition) is 1. The van der Waals surface area contributed by atoms with E-state index in [0.717, 1.165) is 24.8 Å². The molecule has 2 bridgehead atoms. The number of carbonyl (C=O) groups is 3. The van der Waals surface area contributed by atoms with Crippen LogP contribution in [0.4, 0.5) is 0 Å². The molecule has 0 radical (unpaired) electrons. The molecule has 3 fully saturated rings. The van der Waals surface area contributed by atoms with E-state index in [1.165, 1.54) is 0 Å². The minimum atomic E-state index is -1.19. The molecule has 230 valence electrons. The summed E-state index contributed by atoms with van der Waals surface area (Å²) in [6.45, 7) is 14.4. The van der Waals surface area contributed by atoms with Crippen molar-refractivity contribution < 1.29 is 29.0 Å². The molecule has 2 amide bonds. The summed E-state index contributed by atoms with van der Waals surface area (Å²) in [6, 6.07) is 8.00. The van der Waals surface area contributed by atoms with Crippen LogP contribution in [0.1, 0.15) is 64.9 Å². The van der Waals surface area contributed by atoms with E-state index in [1.54, 1.807) is 22.0 Å². The van der Waals surface area contributed by atoms with Crippen LogP contribution in [0, 0.1) is 17.8 Å². The summed E-state index contributed by atoms with van der Waals surface area (Å²) < 4.78 is 12.6. The molecule has 1 spiro atoms. The smallest absolute Gasteiger partial charge is 0.312 e. The first-order chi connectivity index (χ1) is 20.2.